The first-order valence-electron chi connectivity index (χ1n) is 15.8. The fraction of sp³-hybridized carbons (Fsp3) is 0.342. The average Bonchev–Trinajstić information content (AvgIpc) is 3.08. The van der Waals surface area contributed by atoms with Gasteiger partial charge < -0.3 is 24.4 Å². The normalized spacial score (nSPS) is 17.8. The third kappa shape index (κ3) is 9.43. The summed E-state index contributed by atoms with van der Waals surface area (Å²) in [6.45, 7) is 3.36. The molecular weight excluding hydrogens is 548 g/mol. The molecule has 0 saturated carbocycles. The van der Waals surface area contributed by atoms with Crippen LogP contribution >= 0.6 is 0 Å². The summed E-state index contributed by atoms with van der Waals surface area (Å²) in [5.41, 5.74) is 3.34. The molecule has 0 spiro atoms. The van der Waals surface area contributed by atoms with Gasteiger partial charge in [0.2, 0.25) is 5.91 Å². The van der Waals surface area contributed by atoms with Crippen molar-refractivity contribution in [2.75, 3.05) is 33.3 Å². The van der Waals surface area contributed by atoms with Crippen molar-refractivity contribution >= 4 is 12.0 Å². The highest BCUT2D eigenvalue weighted by molar-refractivity contribution is 5.87. The van der Waals surface area contributed by atoms with Crippen LogP contribution in [-0.2, 0) is 9.53 Å². The minimum absolute atomic E-state index is 0.0617. The maximum atomic E-state index is 12.4. The highest BCUT2D eigenvalue weighted by atomic mass is 16.5. The van der Waals surface area contributed by atoms with Crippen LogP contribution in [0.5, 0.6) is 11.5 Å². The fourth-order valence-electron chi connectivity index (χ4n) is 5.70. The Kier molecular flexibility index (Phi) is 11.8. The van der Waals surface area contributed by atoms with E-state index in [1.807, 2.05) is 42.5 Å². The Morgan fingerprint density at radius 3 is 2.32 bits per heavy atom. The number of hydrogen-bond acceptors (Lipinski definition) is 5. The number of likely N-dealkylation sites (tertiary alicyclic amines) is 1. The fourth-order valence-corrected chi connectivity index (χ4v) is 5.70. The molecule has 1 aliphatic carbocycles. The zero-order valence-corrected chi connectivity index (χ0v) is 25.6. The largest absolute Gasteiger partial charge is 0.493 e. The van der Waals surface area contributed by atoms with Gasteiger partial charge in [-0.15, -0.1) is 0 Å². The maximum Gasteiger partial charge on any atom is 0.244 e. The van der Waals surface area contributed by atoms with Crippen LogP contribution in [0.3, 0.4) is 0 Å². The van der Waals surface area contributed by atoms with Gasteiger partial charge in [-0.1, -0.05) is 91.0 Å². The lowest BCUT2D eigenvalue weighted by molar-refractivity contribution is -0.116. The number of rotatable bonds is 13. The molecule has 1 fully saturated rings. The molecule has 44 heavy (non-hydrogen) atoms. The van der Waals surface area contributed by atoms with Crippen molar-refractivity contribution in [2.45, 2.75) is 50.4 Å². The molecule has 2 aliphatic rings. The Balaban J connectivity index is 1.02. The molecule has 0 bridgehead atoms. The molecular formula is C38H44N2O4. The zero-order chi connectivity index (χ0) is 30.4. The van der Waals surface area contributed by atoms with Crippen LogP contribution in [0.15, 0.2) is 109 Å². The quantitative estimate of drug-likeness (QED) is 0.130. The summed E-state index contributed by atoms with van der Waals surface area (Å²) in [5, 5.41) is 3.00. The van der Waals surface area contributed by atoms with Crippen molar-refractivity contribution in [2.24, 2.45) is 0 Å². The molecule has 1 aliphatic heterocycles. The smallest absolute Gasteiger partial charge is 0.244 e. The van der Waals surface area contributed by atoms with E-state index in [-0.39, 0.29) is 24.2 Å². The van der Waals surface area contributed by atoms with Crippen LogP contribution in [0, 0.1) is 0 Å². The van der Waals surface area contributed by atoms with E-state index < -0.39 is 0 Å². The van der Waals surface area contributed by atoms with Crippen molar-refractivity contribution in [3.63, 3.8) is 0 Å². The second-order valence-corrected chi connectivity index (χ2v) is 11.3. The second kappa shape index (κ2) is 16.6. The topological polar surface area (TPSA) is 60.0 Å². The third-order valence-electron chi connectivity index (χ3n) is 8.12. The molecule has 0 radical (unpaired) electrons. The SMILES string of the molecule is COc1cc(C=CC=CC(=O)NCCN2CCC(OC(c3ccccc3)c3ccccc3)CC2)ccc1OC1C=CCCC1. The van der Waals surface area contributed by atoms with E-state index >= 15 is 0 Å². The van der Waals surface area contributed by atoms with Gasteiger partial charge in [0, 0.05) is 32.3 Å². The predicted molar refractivity (Wildman–Crippen MR) is 177 cm³/mol. The summed E-state index contributed by atoms with van der Waals surface area (Å²) in [6.07, 6.45) is 16.9. The summed E-state index contributed by atoms with van der Waals surface area (Å²) in [6, 6.07) is 26.8. The summed E-state index contributed by atoms with van der Waals surface area (Å²) in [5.74, 6) is 1.36. The Hall–Kier alpha value is -4.13. The van der Waals surface area contributed by atoms with E-state index in [1.165, 1.54) is 11.1 Å². The van der Waals surface area contributed by atoms with Crippen LogP contribution < -0.4 is 14.8 Å². The van der Waals surface area contributed by atoms with Crippen LogP contribution in [-0.4, -0.2) is 56.3 Å². The molecule has 230 valence electrons. The first kappa shape index (κ1) is 31.3. The Morgan fingerprint density at radius 1 is 0.932 bits per heavy atom. The van der Waals surface area contributed by atoms with Gasteiger partial charge >= 0.3 is 0 Å². The number of carbonyl (C=O) groups excluding carboxylic acids is 1. The van der Waals surface area contributed by atoms with Crippen LogP contribution in [0.2, 0.25) is 0 Å². The lowest BCUT2D eigenvalue weighted by Gasteiger charge is -2.34. The molecule has 0 aromatic heterocycles. The lowest BCUT2D eigenvalue weighted by atomic mass is 10.00. The number of amides is 1. The van der Waals surface area contributed by atoms with Gasteiger partial charge in [0.1, 0.15) is 12.2 Å². The summed E-state index contributed by atoms with van der Waals surface area (Å²) in [4.78, 5) is 14.8. The van der Waals surface area contributed by atoms with E-state index in [1.54, 1.807) is 19.3 Å². The molecule has 1 unspecified atom stereocenters. The van der Waals surface area contributed by atoms with Gasteiger partial charge in [0.25, 0.3) is 0 Å². The number of carbonyl (C=O) groups is 1. The molecule has 3 aromatic carbocycles. The minimum Gasteiger partial charge on any atom is -0.493 e. The average molecular weight is 593 g/mol. The van der Waals surface area contributed by atoms with Crippen LogP contribution in [0.25, 0.3) is 6.08 Å². The molecule has 1 amide bonds. The van der Waals surface area contributed by atoms with Crippen molar-refractivity contribution in [3.05, 3.63) is 126 Å². The Labute approximate surface area is 262 Å². The minimum atomic E-state index is -0.0942. The van der Waals surface area contributed by atoms with Gasteiger partial charge in [-0.05, 0) is 67.0 Å². The van der Waals surface area contributed by atoms with Gasteiger partial charge in [-0.2, -0.15) is 0 Å². The first-order valence-corrected chi connectivity index (χ1v) is 15.8. The highest BCUT2D eigenvalue weighted by Gasteiger charge is 2.24. The van der Waals surface area contributed by atoms with Gasteiger partial charge in [0.05, 0.1) is 13.2 Å². The van der Waals surface area contributed by atoms with Crippen LogP contribution in [0.1, 0.15) is 54.9 Å². The Morgan fingerprint density at radius 2 is 1.66 bits per heavy atom. The van der Waals surface area contributed by atoms with E-state index in [9.17, 15) is 4.79 Å². The number of allylic oxidation sites excluding steroid dienone is 3. The van der Waals surface area contributed by atoms with Crippen molar-refractivity contribution < 1.29 is 19.0 Å². The monoisotopic (exact) mass is 592 g/mol. The number of benzene rings is 3. The van der Waals surface area contributed by atoms with Crippen molar-refractivity contribution in [3.8, 4) is 11.5 Å². The Bertz CT molecular complexity index is 1360. The van der Waals surface area contributed by atoms with Gasteiger partial charge in [-0.3, -0.25) is 4.79 Å². The maximum absolute atomic E-state index is 12.4. The molecule has 1 N–H and O–H groups in total. The molecule has 1 saturated heterocycles. The molecule has 1 heterocycles. The summed E-state index contributed by atoms with van der Waals surface area (Å²) in [7, 11) is 1.65. The number of hydrogen-bond donors (Lipinski definition) is 1. The lowest BCUT2D eigenvalue weighted by Crippen LogP contribution is -2.41. The second-order valence-electron chi connectivity index (χ2n) is 11.3. The third-order valence-corrected chi connectivity index (χ3v) is 8.12. The number of nitrogens with zero attached hydrogens (tertiary/aromatic N) is 1. The number of ether oxygens (including phenoxy) is 3. The number of piperidine rings is 1. The summed E-state index contributed by atoms with van der Waals surface area (Å²) >= 11 is 0. The van der Waals surface area contributed by atoms with Crippen LogP contribution in [0.4, 0.5) is 0 Å². The van der Waals surface area contributed by atoms with E-state index in [2.05, 4.69) is 70.9 Å². The van der Waals surface area contributed by atoms with E-state index in [4.69, 9.17) is 14.2 Å². The van der Waals surface area contributed by atoms with E-state index in [0.717, 1.165) is 63.1 Å². The van der Waals surface area contributed by atoms with Gasteiger partial charge in [-0.25, -0.2) is 0 Å². The standard InChI is InChI=1S/C38H44N2O4/c1-42-36-29-30(21-22-35(36)43-33-18-9-4-10-19-33)13-11-12-20-37(41)39-25-28-40-26-23-34(24-27-40)44-38(31-14-5-2-6-15-31)32-16-7-3-8-17-32/h2-3,5-9,11-18,20-22,29,33-34,38H,4,10,19,23-28H2,1H3,(H,39,41). The zero-order valence-electron chi connectivity index (χ0n) is 25.6. The molecule has 3 aromatic rings. The molecule has 6 heteroatoms. The van der Waals surface area contributed by atoms with E-state index in [0.29, 0.717) is 12.3 Å². The molecule has 1 atom stereocenters. The predicted octanol–water partition coefficient (Wildman–Crippen LogP) is 7.14. The van der Waals surface area contributed by atoms with Crippen molar-refractivity contribution in [1.82, 2.24) is 10.2 Å². The molecule has 6 nitrogen and oxygen atoms in total. The number of nitrogens with one attached hydrogen (secondary N) is 1. The first-order chi connectivity index (χ1) is 21.7. The number of methoxy groups -OCH3 is 1. The highest BCUT2D eigenvalue weighted by Crippen LogP contribution is 2.32. The summed E-state index contributed by atoms with van der Waals surface area (Å²) < 4.78 is 18.3. The van der Waals surface area contributed by atoms with Gasteiger partial charge in [0.15, 0.2) is 11.5 Å². The van der Waals surface area contributed by atoms with Crippen molar-refractivity contribution in [1.29, 1.82) is 0 Å². The molecule has 5 rings (SSSR count).